The molecule has 0 saturated heterocycles. The first-order valence-electron chi connectivity index (χ1n) is 10.3. The highest BCUT2D eigenvalue weighted by Gasteiger charge is 2.13. The molecule has 0 aliphatic rings. The fourth-order valence-corrected chi connectivity index (χ4v) is 3.42. The molecule has 10 heteroatoms. The third-order valence-corrected chi connectivity index (χ3v) is 4.99. The number of carbonyl (C=O) groups is 2. The third kappa shape index (κ3) is 5.12. The van der Waals surface area contributed by atoms with Crippen LogP contribution in [0, 0.1) is 0 Å². The number of carbonyl (C=O) groups excluding carboxylic acids is 2. The molecular formula is C23H20N4O6. The minimum absolute atomic E-state index is 0.0627. The lowest BCUT2D eigenvalue weighted by atomic mass is 10.1. The minimum Gasteiger partial charge on any atom is -0.465 e. The summed E-state index contributed by atoms with van der Waals surface area (Å²) >= 11 is 0. The molecule has 0 radical (unpaired) electrons. The van der Waals surface area contributed by atoms with Gasteiger partial charge < -0.3 is 9.47 Å². The number of rotatable bonds is 8. The second-order valence-corrected chi connectivity index (χ2v) is 7.24. The highest BCUT2D eigenvalue weighted by atomic mass is 16.5. The van der Waals surface area contributed by atoms with Crippen LogP contribution in [0.2, 0.25) is 0 Å². The number of hydrogen-bond acceptors (Lipinski definition) is 8. The van der Waals surface area contributed by atoms with Gasteiger partial charge >= 0.3 is 11.9 Å². The van der Waals surface area contributed by atoms with E-state index in [0.717, 1.165) is 0 Å². The maximum atomic E-state index is 12.1. The average molecular weight is 448 g/mol. The summed E-state index contributed by atoms with van der Waals surface area (Å²) in [6, 6.07) is 13.7. The van der Waals surface area contributed by atoms with E-state index in [-0.39, 0.29) is 37.2 Å². The number of aromatic nitrogens is 4. The van der Waals surface area contributed by atoms with Crippen molar-refractivity contribution in [2.24, 2.45) is 0 Å². The van der Waals surface area contributed by atoms with Gasteiger partial charge in [-0.25, -0.2) is 10.2 Å². The van der Waals surface area contributed by atoms with Crippen molar-refractivity contribution in [3.8, 4) is 0 Å². The summed E-state index contributed by atoms with van der Waals surface area (Å²) in [6.07, 6.45) is 0.126. The van der Waals surface area contributed by atoms with Crippen molar-refractivity contribution in [2.45, 2.75) is 19.3 Å². The smallest absolute Gasteiger partial charge is 0.311 e. The monoisotopic (exact) mass is 448 g/mol. The summed E-state index contributed by atoms with van der Waals surface area (Å²) in [5.41, 5.74) is 0.189. The zero-order chi connectivity index (χ0) is 23.2. The van der Waals surface area contributed by atoms with Crippen molar-refractivity contribution >= 4 is 33.5 Å². The standard InChI is InChI=1S/C23H20N4O6/c28-20(12-18-14-6-1-3-8-16(14)22(30)26-24-18)32-10-5-11-33-21(29)13-19-15-7-2-4-9-17(15)23(31)27-25-19/h1-4,6-9H,5,10-13H2,(H,26,30)(H,27,31). The molecule has 4 aromatic rings. The Morgan fingerprint density at radius 2 is 1.06 bits per heavy atom. The first-order chi connectivity index (χ1) is 16.0. The molecule has 0 spiro atoms. The van der Waals surface area contributed by atoms with Gasteiger partial charge in [0.15, 0.2) is 0 Å². The predicted molar refractivity (Wildman–Crippen MR) is 119 cm³/mol. The van der Waals surface area contributed by atoms with Gasteiger partial charge in [-0.1, -0.05) is 36.4 Å². The van der Waals surface area contributed by atoms with Gasteiger partial charge in [0.1, 0.15) is 0 Å². The number of hydrogen-bond donors (Lipinski definition) is 2. The summed E-state index contributed by atoms with van der Waals surface area (Å²) in [5, 5.41) is 14.7. The van der Waals surface area contributed by atoms with Crippen LogP contribution in [-0.4, -0.2) is 45.5 Å². The molecule has 33 heavy (non-hydrogen) atoms. The maximum Gasteiger partial charge on any atom is 0.311 e. The normalized spacial score (nSPS) is 10.9. The summed E-state index contributed by atoms with van der Waals surface area (Å²) in [4.78, 5) is 47.9. The van der Waals surface area contributed by atoms with Crippen LogP contribution < -0.4 is 11.1 Å². The SMILES string of the molecule is O=C(Cc1n[nH]c(=O)c2ccccc12)OCCCOC(=O)Cc1n[nH]c(=O)c2ccccc12. The van der Waals surface area contributed by atoms with Crippen LogP contribution in [0.1, 0.15) is 17.8 Å². The molecule has 0 bridgehead atoms. The van der Waals surface area contributed by atoms with Gasteiger partial charge in [0.25, 0.3) is 11.1 Å². The molecule has 10 nitrogen and oxygen atoms in total. The molecule has 0 amide bonds. The van der Waals surface area contributed by atoms with Crippen molar-refractivity contribution in [3.63, 3.8) is 0 Å². The van der Waals surface area contributed by atoms with E-state index in [2.05, 4.69) is 20.4 Å². The molecule has 2 aromatic carbocycles. The van der Waals surface area contributed by atoms with Crippen LogP contribution in [-0.2, 0) is 31.9 Å². The van der Waals surface area contributed by atoms with Gasteiger partial charge in [-0.15, -0.1) is 0 Å². The number of fused-ring (bicyclic) bond motifs is 2. The van der Waals surface area contributed by atoms with Crippen molar-refractivity contribution < 1.29 is 19.1 Å². The highest BCUT2D eigenvalue weighted by Crippen LogP contribution is 2.14. The van der Waals surface area contributed by atoms with E-state index in [4.69, 9.17) is 9.47 Å². The fraction of sp³-hybridized carbons (Fsp3) is 0.217. The molecule has 2 N–H and O–H groups in total. The van der Waals surface area contributed by atoms with E-state index < -0.39 is 11.9 Å². The second kappa shape index (κ2) is 9.86. The number of H-pyrrole nitrogens is 2. The molecule has 2 aromatic heterocycles. The molecular weight excluding hydrogens is 428 g/mol. The maximum absolute atomic E-state index is 12.1. The second-order valence-electron chi connectivity index (χ2n) is 7.24. The summed E-state index contributed by atoms with van der Waals surface area (Å²) in [5.74, 6) is -1.01. The lowest BCUT2D eigenvalue weighted by molar-refractivity contribution is -0.145. The molecule has 168 valence electrons. The van der Waals surface area contributed by atoms with E-state index in [1.54, 1.807) is 48.5 Å². The Labute approximate surface area is 186 Å². The summed E-state index contributed by atoms with van der Waals surface area (Å²) in [6.45, 7) is 0.125. The van der Waals surface area contributed by atoms with Crippen molar-refractivity contribution in [3.05, 3.63) is 80.6 Å². The Kier molecular flexibility index (Phi) is 6.53. The van der Waals surface area contributed by atoms with E-state index in [1.807, 2.05) is 0 Å². The Balaban J connectivity index is 1.23. The van der Waals surface area contributed by atoms with E-state index in [1.165, 1.54) is 0 Å². The molecule has 0 saturated carbocycles. The molecule has 4 rings (SSSR count). The number of nitrogens with zero attached hydrogens (tertiary/aromatic N) is 2. The number of benzene rings is 2. The Bertz CT molecular complexity index is 1330. The van der Waals surface area contributed by atoms with Gasteiger partial charge in [0, 0.05) is 17.2 Å². The summed E-state index contributed by atoms with van der Waals surface area (Å²) in [7, 11) is 0. The Hall–Kier alpha value is -4.34. The largest absolute Gasteiger partial charge is 0.465 e. The van der Waals surface area contributed by atoms with Gasteiger partial charge in [0.2, 0.25) is 0 Å². The van der Waals surface area contributed by atoms with Crippen LogP contribution in [0.4, 0.5) is 0 Å². The average Bonchev–Trinajstić information content (AvgIpc) is 2.83. The number of esters is 2. The zero-order valence-corrected chi connectivity index (χ0v) is 17.5. The van der Waals surface area contributed by atoms with Crippen LogP contribution in [0.25, 0.3) is 21.5 Å². The first-order valence-corrected chi connectivity index (χ1v) is 10.3. The minimum atomic E-state index is -0.505. The first kappa shape index (κ1) is 21.9. The van der Waals surface area contributed by atoms with Crippen molar-refractivity contribution in [1.29, 1.82) is 0 Å². The predicted octanol–water partition coefficient (Wildman–Crippen LogP) is 1.42. The van der Waals surface area contributed by atoms with Crippen molar-refractivity contribution in [2.75, 3.05) is 13.2 Å². The van der Waals surface area contributed by atoms with E-state index in [0.29, 0.717) is 39.4 Å². The van der Waals surface area contributed by atoms with Crippen LogP contribution in [0.3, 0.4) is 0 Å². The summed E-state index contributed by atoms with van der Waals surface area (Å²) < 4.78 is 10.4. The van der Waals surface area contributed by atoms with Gasteiger partial charge in [0.05, 0.1) is 48.2 Å². The molecule has 0 aliphatic heterocycles. The molecule has 0 unspecified atom stereocenters. The lowest BCUT2D eigenvalue weighted by Crippen LogP contribution is -2.17. The number of aromatic amines is 2. The molecule has 0 aliphatic carbocycles. The quantitative estimate of drug-likeness (QED) is 0.304. The zero-order valence-electron chi connectivity index (χ0n) is 17.5. The lowest BCUT2D eigenvalue weighted by Gasteiger charge is -2.08. The van der Waals surface area contributed by atoms with E-state index >= 15 is 0 Å². The van der Waals surface area contributed by atoms with Crippen LogP contribution >= 0.6 is 0 Å². The fourth-order valence-electron chi connectivity index (χ4n) is 3.42. The number of nitrogens with one attached hydrogen (secondary N) is 2. The Morgan fingerprint density at radius 3 is 1.48 bits per heavy atom. The van der Waals surface area contributed by atoms with Crippen LogP contribution in [0.15, 0.2) is 58.1 Å². The third-order valence-electron chi connectivity index (χ3n) is 4.99. The van der Waals surface area contributed by atoms with Gasteiger partial charge in [-0.3, -0.25) is 19.2 Å². The highest BCUT2D eigenvalue weighted by molar-refractivity contribution is 5.87. The molecule has 0 atom stereocenters. The molecule has 2 heterocycles. The topological polar surface area (TPSA) is 144 Å². The Morgan fingerprint density at radius 1 is 0.667 bits per heavy atom. The number of ether oxygens (including phenoxy) is 2. The molecule has 0 fully saturated rings. The van der Waals surface area contributed by atoms with Gasteiger partial charge in [-0.05, 0) is 12.1 Å². The van der Waals surface area contributed by atoms with Crippen molar-refractivity contribution in [1.82, 2.24) is 20.4 Å². The van der Waals surface area contributed by atoms with Crippen LogP contribution in [0.5, 0.6) is 0 Å². The van der Waals surface area contributed by atoms with E-state index in [9.17, 15) is 19.2 Å². The van der Waals surface area contributed by atoms with Gasteiger partial charge in [-0.2, -0.15) is 10.2 Å².